The molecule has 0 spiro atoms. The summed E-state index contributed by atoms with van der Waals surface area (Å²) in [4.78, 5) is 0. The second kappa shape index (κ2) is 4.18. The van der Waals surface area contributed by atoms with Crippen LogP contribution < -0.4 is 0 Å². The van der Waals surface area contributed by atoms with Crippen molar-refractivity contribution in [2.75, 3.05) is 13.3 Å². The Morgan fingerprint density at radius 1 is 0.938 bits per heavy atom. The normalized spacial score (nSPS) is 11.9. The first-order valence-electron chi connectivity index (χ1n) is 5.03. The number of rotatable bonds is 3. The Balaban J connectivity index is 2.54. The lowest BCUT2D eigenvalue weighted by Gasteiger charge is -2.21. The summed E-state index contributed by atoms with van der Waals surface area (Å²) in [7, 11) is 0. The molecule has 3 heteroatoms. The molecule has 0 aromatic heterocycles. The topological polar surface area (TPSA) is 20.2 Å². The van der Waals surface area contributed by atoms with Crippen molar-refractivity contribution in [3.05, 3.63) is 48.0 Å². The van der Waals surface area contributed by atoms with Gasteiger partial charge in [-0.3, -0.25) is 0 Å². The second-order valence-electron chi connectivity index (χ2n) is 3.86. The van der Waals surface area contributed by atoms with Crippen LogP contribution in [-0.2, 0) is 5.60 Å². The summed E-state index contributed by atoms with van der Waals surface area (Å²) in [6.45, 7) is -2.25. The van der Waals surface area contributed by atoms with Crippen LogP contribution in [0.2, 0.25) is 0 Å². The highest BCUT2D eigenvalue weighted by atomic mass is 19.1. The number of aliphatic hydroxyl groups is 1. The molecule has 0 aliphatic rings. The van der Waals surface area contributed by atoms with Crippen molar-refractivity contribution < 1.29 is 13.9 Å². The summed E-state index contributed by atoms with van der Waals surface area (Å²) in [6, 6.07) is 12.4. The Labute approximate surface area is 92.3 Å². The van der Waals surface area contributed by atoms with E-state index in [1.54, 1.807) is 18.2 Å². The van der Waals surface area contributed by atoms with Crippen molar-refractivity contribution >= 4 is 10.8 Å². The van der Waals surface area contributed by atoms with Gasteiger partial charge in [-0.15, -0.1) is 0 Å². The first-order valence-corrected chi connectivity index (χ1v) is 5.03. The Morgan fingerprint density at radius 2 is 1.56 bits per heavy atom. The van der Waals surface area contributed by atoms with Crippen LogP contribution in [0.3, 0.4) is 0 Å². The maximum absolute atomic E-state index is 12.6. The van der Waals surface area contributed by atoms with E-state index in [9.17, 15) is 13.9 Å². The molecule has 0 unspecified atom stereocenters. The molecule has 84 valence electrons. The largest absolute Gasteiger partial charge is 0.380 e. The van der Waals surface area contributed by atoms with Gasteiger partial charge in [0.25, 0.3) is 0 Å². The third-order valence-corrected chi connectivity index (χ3v) is 2.73. The van der Waals surface area contributed by atoms with E-state index in [1.807, 2.05) is 24.3 Å². The average molecular weight is 222 g/mol. The predicted octanol–water partition coefficient (Wildman–Crippen LogP) is 2.97. The molecule has 0 aliphatic carbocycles. The Hall–Kier alpha value is -1.48. The molecule has 2 aromatic rings. The smallest absolute Gasteiger partial charge is 0.146 e. The van der Waals surface area contributed by atoms with E-state index in [1.165, 1.54) is 0 Å². The minimum absolute atomic E-state index is 0.274. The molecule has 0 saturated carbocycles. The van der Waals surface area contributed by atoms with E-state index in [0.717, 1.165) is 10.8 Å². The van der Waals surface area contributed by atoms with Crippen LogP contribution in [0, 0.1) is 0 Å². The summed E-state index contributed by atoms with van der Waals surface area (Å²) in [6.07, 6.45) is 0. The molecule has 0 amide bonds. The van der Waals surface area contributed by atoms with Crippen molar-refractivity contribution in [3.63, 3.8) is 0 Å². The van der Waals surface area contributed by atoms with Gasteiger partial charge in [-0.05, 0) is 22.4 Å². The number of hydrogen-bond acceptors (Lipinski definition) is 1. The Kier molecular flexibility index (Phi) is 2.88. The minimum Gasteiger partial charge on any atom is -0.380 e. The summed E-state index contributed by atoms with van der Waals surface area (Å²) in [5.41, 5.74) is -1.74. The van der Waals surface area contributed by atoms with Gasteiger partial charge in [0.1, 0.15) is 19.0 Å². The Morgan fingerprint density at radius 3 is 2.19 bits per heavy atom. The molecule has 16 heavy (non-hydrogen) atoms. The van der Waals surface area contributed by atoms with E-state index >= 15 is 0 Å². The number of fused-ring (bicyclic) bond motifs is 1. The fraction of sp³-hybridized carbons (Fsp3) is 0.231. The SMILES string of the molecule is OC(CF)(CF)c1ccc2ccccc2c1. The summed E-state index contributed by atoms with van der Waals surface area (Å²) >= 11 is 0. The van der Waals surface area contributed by atoms with Crippen LogP contribution in [0.25, 0.3) is 10.8 Å². The lowest BCUT2D eigenvalue weighted by molar-refractivity contribution is -0.0110. The van der Waals surface area contributed by atoms with Gasteiger partial charge in [0.15, 0.2) is 0 Å². The fourth-order valence-corrected chi connectivity index (χ4v) is 1.67. The van der Waals surface area contributed by atoms with E-state index in [0.29, 0.717) is 0 Å². The number of benzene rings is 2. The van der Waals surface area contributed by atoms with Crippen LogP contribution in [0.4, 0.5) is 8.78 Å². The van der Waals surface area contributed by atoms with Crippen LogP contribution in [0.15, 0.2) is 42.5 Å². The van der Waals surface area contributed by atoms with Crippen LogP contribution >= 0.6 is 0 Å². The van der Waals surface area contributed by atoms with Gasteiger partial charge in [0, 0.05) is 0 Å². The van der Waals surface area contributed by atoms with E-state index in [4.69, 9.17) is 0 Å². The molecular weight excluding hydrogens is 210 g/mol. The monoisotopic (exact) mass is 222 g/mol. The van der Waals surface area contributed by atoms with Gasteiger partial charge in [0.05, 0.1) is 0 Å². The molecule has 0 atom stereocenters. The quantitative estimate of drug-likeness (QED) is 0.846. The standard InChI is InChI=1S/C13H12F2O/c14-8-13(16,9-15)12-6-5-10-3-1-2-4-11(10)7-12/h1-7,16H,8-9H2. The van der Waals surface area contributed by atoms with Crippen molar-refractivity contribution in [2.24, 2.45) is 0 Å². The van der Waals surface area contributed by atoms with Gasteiger partial charge in [-0.25, -0.2) is 8.78 Å². The number of hydrogen-bond donors (Lipinski definition) is 1. The minimum atomic E-state index is -2.01. The molecule has 0 bridgehead atoms. The molecule has 2 rings (SSSR count). The summed E-state index contributed by atoms with van der Waals surface area (Å²) < 4.78 is 25.3. The zero-order valence-electron chi connectivity index (χ0n) is 8.66. The second-order valence-corrected chi connectivity index (χ2v) is 3.86. The van der Waals surface area contributed by atoms with Crippen LogP contribution in [0.5, 0.6) is 0 Å². The zero-order chi connectivity index (χ0) is 11.6. The molecule has 1 N–H and O–H groups in total. The van der Waals surface area contributed by atoms with E-state index in [2.05, 4.69) is 0 Å². The molecular formula is C13H12F2O. The highest BCUT2D eigenvalue weighted by Gasteiger charge is 2.29. The van der Waals surface area contributed by atoms with Gasteiger partial charge >= 0.3 is 0 Å². The predicted molar refractivity (Wildman–Crippen MR) is 59.8 cm³/mol. The van der Waals surface area contributed by atoms with Crippen molar-refractivity contribution in [1.29, 1.82) is 0 Å². The molecule has 1 nitrogen and oxygen atoms in total. The maximum atomic E-state index is 12.6. The highest BCUT2D eigenvalue weighted by molar-refractivity contribution is 5.83. The van der Waals surface area contributed by atoms with Gasteiger partial charge in [0.2, 0.25) is 0 Å². The van der Waals surface area contributed by atoms with Crippen LogP contribution in [0.1, 0.15) is 5.56 Å². The first-order chi connectivity index (χ1) is 7.69. The molecule has 0 fully saturated rings. The van der Waals surface area contributed by atoms with Crippen molar-refractivity contribution in [3.8, 4) is 0 Å². The lowest BCUT2D eigenvalue weighted by atomic mass is 9.94. The molecule has 0 saturated heterocycles. The first kappa shape index (κ1) is 11.0. The number of halogens is 2. The van der Waals surface area contributed by atoms with E-state index in [-0.39, 0.29) is 5.56 Å². The van der Waals surface area contributed by atoms with Crippen molar-refractivity contribution in [1.82, 2.24) is 0 Å². The molecule has 2 aromatic carbocycles. The third kappa shape index (κ3) is 1.78. The third-order valence-electron chi connectivity index (χ3n) is 2.73. The lowest BCUT2D eigenvalue weighted by Crippen LogP contribution is -2.30. The van der Waals surface area contributed by atoms with Crippen LogP contribution in [-0.4, -0.2) is 18.5 Å². The van der Waals surface area contributed by atoms with Gasteiger partial charge in [-0.1, -0.05) is 36.4 Å². The summed E-state index contributed by atoms with van der Waals surface area (Å²) in [5, 5.41) is 11.5. The highest BCUT2D eigenvalue weighted by Crippen LogP contribution is 2.26. The van der Waals surface area contributed by atoms with Crippen molar-refractivity contribution in [2.45, 2.75) is 5.60 Å². The van der Waals surface area contributed by atoms with Gasteiger partial charge in [-0.2, -0.15) is 0 Å². The number of alkyl halides is 2. The maximum Gasteiger partial charge on any atom is 0.146 e. The zero-order valence-corrected chi connectivity index (χ0v) is 8.66. The molecule has 0 heterocycles. The fourth-order valence-electron chi connectivity index (χ4n) is 1.67. The summed E-state index contributed by atoms with van der Waals surface area (Å²) in [5.74, 6) is 0. The van der Waals surface area contributed by atoms with Gasteiger partial charge < -0.3 is 5.11 Å². The molecule has 0 aliphatic heterocycles. The molecule has 0 radical (unpaired) electrons. The van der Waals surface area contributed by atoms with E-state index < -0.39 is 19.0 Å². The average Bonchev–Trinajstić information content (AvgIpc) is 2.37. The Bertz CT molecular complexity index is 492.